The first-order valence-electron chi connectivity index (χ1n) is 9.06. The van der Waals surface area contributed by atoms with Crippen molar-refractivity contribution in [1.29, 1.82) is 0 Å². The zero-order valence-corrected chi connectivity index (χ0v) is 20.9. The predicted octanol–water partition coefficient (Wildman–Crippen LogP) is 2.94. The monoisotopic (exact) mass is 572 g/mol. The molecule has 0 amide bonds. The van der Waals surface area contributed by atoms with E-state index in [0.717, 1.165) is 23.9 Å². The Bertz CT molecular complexity index is 735. The van der Waals surface area contributed by atoms with Gasteiger partial charge in [-0.25, -0.2) is 12.7 Å². The van der Waals surface area contributed by atoms with E-state index in [0.29, 0.717) is 25.6 Å². The van der Waals surface area contributed by atoms with Crippen molar-refractivity contribution in [2.45, 2.75) is 32.1 Å². The first-order valence-corrected chi connectivity index (χ1v) is 11.5. The fourth-order valence-electron chi connectivity index (χ4n) is 3.10. The SMILES string of the molecule is CCN(CC)S(=O)(=O)CCNC(=NC)NCC1(c2ccccc2Br)CC1.I. The molecule has 0 heterocycles. The van der Waals surface area contributed by atoms with E-state index in [1.807, 2.05) is 19.9 Å². The van der Waals surface area contributed by atoms with Gasteiger partial charge in [-0.1, -0.05) is 48.0 Å². The Morgan fingerprint density at radius 3 is 2.37 bits per heavy atom. The number of guanidine groups is 1. The van der Waals surface area contributed by atoms with E-state index in [2.05, 4.69) is 49.8 Å². The summed E-state index contributed by atoms with van der Waals surface area (Å²) in [7, 11) is -1.52. The van der Waals surface area contributed by atoms with Crippen LogP contribution in [0.4, 0.5) is 0 Å². The van der Waals surface area contributed by atoms with Gasteiger partial charge in [0.1, 0.15) is 0 Å². The van der Waals surface area contributed by atoms with Crippen molar-refractivity contribution in [3.05, 3.63) is 34.3 Å². The molecule has 0 saturated heterocycles. The van der Waals surface area contributed by atoms with Gasteiger partial charge in [-0.3, -0.25) is 4.99 Å². The lowest BCUT2D eigenvalue weighted by Gasteiger charge is -2.21. The van der Waals surface area contributed by atoms with E-state index in [1.165, 1.54) is 9.87 Å². The zero-order chi connectivity index (χ0) is 19.2. The Kier molecular flexibility index (Phi) is 10.0. The Balaban J connectivity index is 0.00000364. The smallest absolute Gasteiger partial charge is 0.215 e. The van der Waals surface area contributed by atoms with Crippen LogP contribution in [-0.4, -0.2) is 57.7 Å². The van der Waals surface area contributed by atoms with Crippen LogP contribution in [-0.2, 0) is 15.4 Å². The second-order valence-corrected chi connectivity index (χ2v) is 9.46. The molecule has 6 nitrogen and oxygen atoms in total. The highest BCUT2D eigenvalue weighted by molar-refractivity contribution is 14.0. The molecular weight excluding hydrogens is 543 g/mol. The number of halogens is 2. The van der Waals surface area contributed by atoms with E-state index in [1.54, 1.807) is 7.05 Å². The molecule has 0 unspecified atom stereocenters. The normalized spacial score (nSPS) is 16.0. The topological polar surface area (TPSA) is 73.8 Å². The van der Waals surface area contributed by atoms with Crippen LogP contribution in [0.25, 0.3) is 0 Å². The molecule has 1 aliphatic carbocycles. The number of nitrogens with zero attached hydrogens (tertiary/aromatic N) is 2. The standard InChI is InChI=1S/C18H29BrN4O2S.HI/c1-4-23(5-2)26(24,25)13-12-21-17(20-3)22-14-18(10-11-18)15-8-6-7-9-16(15)19;/h6-9H,4-5,10-14H2,1-3H3,(H2,20,21,22);1H. The van der Waals surface area contributed by atoms with Gasteiger partial charge in [-0.15, -0.1) is 24.0 Å². The van der Waals surface area contributed by atoms with Gasteiger partial charge in [-0.2, -0.15) is 0 Å². The summed E-state index contributed by atoms with van der Waals surface area (Å²) in [5, 5.41) is 6.47. The predicted molar refractivity (Wildman–Crippen MR) is 127 cm³/mol. The molecule has 0 radical (unpaired) electrons. The number of hydrogen-bond donors (Lipinski definition) is 2. The zero-order valence-electron chi connectivity index (χ0n) is 16.2. The average molecular weight is 573 g/mol. The molecule has 1 saturated carbocycles. The number of nitrogens with one attached hydrogen (secondary N) is 2. The molecule has 1 aromatic rings. The van der Waals surface area contributed by atoms with Crippen LogP contribution in [0.5, 0.6) is 0 Å². The number of benzene rings is 1. The lowest BCUT2D eigenvalue weighted by atomic mass is 9.96. The van der Waals surface area contributed by atoms with Gasteiger partial charge < -0.3 is 10.6 Å². The summed E-state index contributed by atoms with van der Waals surface area (Å²) in [6, 6.07) is 8.31. The van der Waals surface area contributed by atoms with Crippen LogP contribution in [0.2, 0.25) is 0 Å². The molecule has 27 heavy (non-hydrogen) atoms. The third kappa shape index (κ3) is 6.57. The molecule has 0 aliphatic heterocycles. The van der Waals surface area contributed by atoms with Crippen LogP contribution in [0.3, 0.4) is 0 Å². The van der Waals surface area contributed by atoms with E-state index < -0.39 is 10.0 Å². The number of rotatable bonds is 9. The highest BCUT2D eigenvalue weighted by Crippen LogP contribution is 2.49. The molecule has 1 fully saturated rings. The second-order valence-electron chi connectivity index (χ2n) is 6.51. The highest BCUT2D eigenvalue weighted by atomic mass is 127. The summed E-state index contributed by atoms with van der Waals surface area (Å²) in [4.78, 5) is 4.21. The van der Waals surface area contributed by atoms with Crippen LogP contribution in [0.15, 0.2) is 33.7 Å². The van der Waals surface area contributed by atoms with Crippen LogP contribution in [0.1, 0.15) is 32.3 Å². The van der Waals surface area contributed by atoms with Gasteiger partial charge >= 0.3 is 0 Å². The highest BCUT2D eigenvalue weighted by Gasteiger charge is 2.45. The van der Waals surface area contributed by atoms with Gasteiger partial charge in [0, 0.05) is 43.1 Å². The van der Waals surface area contributed by atoms with E-state index >= 15 is 0 Å². The minimum atomic E-state index is -3.22. The molecule has 0 atom stereocenters. The molecular formula is C18H30BrIN4O2S. The molecule has 0 bridgehead atoms. The first-order chi connectivity index (χ1) is 12.4. The molecule has 1 aromatic carbocycles. The molecule has 1 aliphatic rings. The van der Waals surface area contributed by atoms with Crippen molar-refractivity contribution >= 4 is 55.9 Å². The second kappa shape index (κ2) is 11.0. The van der Waals surface area contributed by atoms with Crippen molar-refractivity contribution in [2.75, 3.05) is 39.0 Å². The van der Waals surface area contributed by atoms with Gasteiger partial charge in [-0.05, 0) is 24.5 Å². The van der Waals surface area contributed by atoms with E-state index in [4.69, 9.17) is 0 Å². The number of aliphatic imine (C=N–C) groups is 1. The Hall–Kier alpha value is -0.390. The Morgan fingerprint density at radius 1 is 1.22 bits per heavy atom. The lowest BCUT2D eigenvalue weighted by molar-refractivity contribution is 0.445. The van der Waals surface area contributed by atoms with Crippen molar-refractivity contribution in [2.24, 2.45) is 4.99 Å². The van der Waals surface area contributed by atoms with E-state index in [-0.39, 0.29) is 35.1 Å². The molecule has 9 heteroatoms. The summed E-state index contributed by atoms with van der Waals surface area (Å²) in [5.41, 5.74) is 1.44. The molecule has 0 aromatic heterocycles. The van der Waals surface area contributed by atoms with Crippen molar-refractivity contribution in [3.63, 3.8) is 0 Å². The Labute approximate surface area is 188 Å². The van der Waals surface area contributed by atoms with Gasteiger partial charge in [0.15, 0.2) is 5.96 Å². The van der Waals surface area contributed by atoms with Crippen LogP contribution >= 0.6 is 39.9 Å². The minimum Gasteiger partial charge on any atom is -0.356 e. The maximum absolute atomic E-state index is 12.2. The van der Waals surface area contributed by atoms with E-state index in [9.17, 15) is 8.42 Å². The maximum Gasteiger partial charge on any atom is 0.215 e. The van der Waals surface area contributed by atoms with Crippen molar-refractivity contribution < 1.29 is 8.42 Å². The molecule has 2 N–H and O–H groups in total. The summed E-state index contributed by atoms with van der Waals surface area (Å²) in [5.74, 6) is 0.697. The fourth-order valence-corrected chi connectivity index (χ4v) is 5.21. The van der Waals surface area contributed by atoms with Gasteiger partial charge in [0.2, 0.25) is 10.0 Å². The van der Waals surface area contributed by atoms with Crippen LogP contribution in [0, 0.1) is 0 Å². The maximum atomic E-state index is 12.2. The quantitative estimate of drug-likeness (QED) is 0.271. The third-order valence-electron chi connectivity index (χ3n) is 4.87. The van der Waals surface area contributed by atoms with Crippen molar-refractivity contribution in [3.8, 4) is 0 Å². The number of sulfonamides is 1. The minimum absolute atomic E-state index is 0. The number of hydrogen-bond acceptors (Lipinski definition) is 3. The van der Waals surface area contributed by atoms with Crippen molar-refractivity contribution in [1.82, 2.24) is 14.9 Å². The average Bonchev–Trinajstić information content (AvgIpc) is 3.40. The molecule has 0 spiro atoms. The third-order valence-corrected chi connectivity index (χ3v) is 7.58. The molecule has 154 valence electrons. The van der Waals surface area contributed by atoms with Gasteiger partial charge in [0.25, 0.3) is 0 Å². The Morgan fingerprint density at radius 2 is 1.85 bits per heavy atom. The largest absolute Gasteiger partial charge is 0.356 e. The first kappa shape index (κ1) is 24.6. The van der Waals surface area contributed by atoms with Crippen LogP contribution < -0.4 is 10.6 Å². The summed E-state index contributed by atoms with van der Waals surface area (Å²) in [6.07, 6.45) is 2.27. The summed E-state index contributed by atoms with van der Waals surface area (Å²) < 4.78 is 27.1. The fraction of sp³-hybridized carbons (Fsp3) is 0.611. The van der Waals surface area contributed by atoms with Gasteiger partial charge in [0.05, 0.1) is 5.75 Å². The lowest BCUT2D eigenvalue weighted by Crippen LogP contribution is -2.44. The summed E-state index contributed by atoms with van der Waals surface area (Å²) in [6.45, 7) is 5.82. The summed E-state index contributed by atoms with van der Waals surface area (Å²) >= 11 is 3.64. The molecule has 2 rings (SSSR count).